The number of hydrogen-bond donors (Lipinski definition) is 1. The van der Waals surface area contributed by atoms with Gasteiger partial charge in [-0.3, -0.25) is 24.7 Å². The molecule has 0 aromatic carbocycles. The molecule has 1 N–H and O–H groups in total. The normalized spacial score (nSPS) is 15.6. The van der Waals surface area contributed by atoms with Gasteiger partial charge in [0, 0.05) is 37.4 Å². The van der Waals surface area contributed by atoms with Crippen LogP contribution in [0, 0.1) is 10.1 Å². The van der Waals surface area contributed by atoms with E-state index >= 15 is 0 Å². The maximum atomic E-state index is 12.5. The summed E-state index contributed by atoms with van der Waals surface area (Å²) >= 11 is 0. The molecule has 0 bridgehead atoms. The van der Waals surface area contributed by atoms with Crippen LogP contribution in [-0.2, 0) is 6.54 Å². The summed E-state index contributed by atoms with van der Waals surface area (Å²) < 4.78 is 2.03. The summed E-state index contributed by atoms with van der Waals surface area (Å²) in [4.78, 5) is 24.5. The fourth-order valence-electron chi connectivity index (χ4n) is 3.20. The number of H-pyrrole nitrogens is 1. The van der Waals surface area contributed by atoms with Gasteiger partial charge < -0.3 is 4.90 Å². The number of rotatable bonds is 5. The van der Waals surface area contributed by atoms with Gasteiger partial charge in [-0.2, -0.15) is 10.2 Å². The molecule has 9 heteroatoms. The van der Waals surface area contributed by atoms with E-state index in [9.17, 15) is 14.9 Å². The molecule has 128 valence electrons. The van der Waals surface area contributed by atoms with E-state index in [1.165, 1.54) is 5.69 Å². The molecular weight excluding hydrogens is 312 g/mol. The van der Waals surface area contributed by atoms with Crippen molar-refractivity contribution in [2.45, 2.75) is 38.6 Å². The summed E-state index contributed by atoms with van der Waals surface area (Å²) in [5.74, 6) is -0.000400. The Morgan fingerprint density at radius 1 is 1.46 bits per heavy atom. The lowest BCUT2D eigenvalue weighted by molar-refractivity contribution is -0.385. The lowest BCUT2D eigenvalue weighted by atomic mass is 9.93. The molecule has 0 spiro atoms. The van der Waals surface area contributed by atoms with Gasteiger partial charge in [-0.15, -0.1) is 0 Å². The minimum Gasteiger partial charge on any atom is -0.337 e. The molecule has 0 unspecified atom stereocenters. The first-order valence-electron chi connectivity index (χ1n) is 8.10. The predicted octanol–water partition coefficient (Wildman–Crippen LogP) is 1.94. The van der Waals surface area contributed by atoms with Crippen LogP contribution in [0.15, 0.2) is 18.5 Å². The quantitative estimate of drug-likeness (QED) is 0.664. The zero-order valence-corrected chi connectivity index (χ0v) is 13.5. The smallest absolute Gasteiger partial charge is 0.319 e. The lowest BCUT2D eigenvalue weighted by Crippen LogP contribution is -2.38. The van der Waals surface area contributed by atoms with Crippen molar-refractivity contribution in [3.63, 3.8) is 0 Å². The largest absolute Gasteiger partial charge is 0.337 e. The highest BCUT2D eigenvalue weighted by atomic mass is 16.6. The molecule has 2 aromatic rings. The third-order valence-electron chi connectivity index (χ3n) is 4.42. The number of piperidine rings is 1. The van der Waals surface area contributed by atoms with Crippen molar-refractivity contribution in [2.24, 2.45) is 0 Å². The van der Waals surface area contributed by atoms with E-state index in [0.29, 0.717) is 19.0 Å². The average Bonchev–Trinajstić information content (AvgIpc) is 3.24. The highest BCUT2D eigenvalue weighted by Crippen LogP contribution is 2.29. The Hall–Kier alpha value is -2.71. The molecule has 9 nitrogen and oxygen atoms in total. The van der Waals surface area contributed by atoms with E-state index < -0.39 is 4.92 Å². The van der Waals surface area contributed by atoms with Crippen molar-refractivity contribution in [3.05, 3.63) is 40.0 Å². The van der Waals surface area contributed by atoms with Crippen molar-refractivity contribution < 1.29 is 9.72 Å². The summed E-state index contributed by atoms with van der Waals surface area (Å²) in [7, 11) is 0. The zero-order valence-electron chi connectivity index (χ0n) is 13.5. The van der Waals surface area contributed by atoms with Gasteiger partial charge in [-0.1, -0.05) is 6.92 Å². The summed E-state index contributed by atoms with van der Waals surface area (Å²) in [6, 6.07) is 2.04. The van der Waals surface area contributed by atoms with Gasteiger partial charge in [0.1, 0.15) is 6.20 Å². The van der Waals surface area contributed by atoms with Gasteiger partial charge >= 0.3 is 5.69 Å². The highest BCUT2D eigenvalue weighted by molar-refractivity contribution is 5.96. The monoisotopic (exact) mass is 332 g/mol. The van der Waals surface area contributed by atoms with Gasteiger partial charge in [-0.25, -0.2) is 0 Å². The number of carbonyl (C=O) groups is 1. The minimum atomic E-state index is -0.590. The molecule has 0 aliphatic carbocycles. The van der Waals surface area contributed by atoms with E-state index in [1.807, 2.05) is 16.9 Å². The van der Waals surface area contributed by atoms with Crippen molar-refractivity contribution in [1.29, 1.82) is 0 Å². The number of carbonyl (C=O) groups excluding carboxylic acids is 1. The molecule has 1 fully saturated rings. The van der Waals surface area contributed by atoms with Crippen LogP contribution in [-0.4, -0.2) is 48.8 Å². The Morgan fingerprint density at radius 3 is 2.88 bits per heavy atom. The number of likely N-dealkylation sites (tertiary alicyclic amines) is 1. The molecule has 3 heterocycles. The van der Waals surface area contributed by atoms with Crippen LogP contribution in [0.5, 0.6) is 0 Å². The van der Waals surface area contributed by atoms with Crippen LogP contribution in [0.3, 0.4) is 0 Å². The summed E-state index contributed by atoms with van der Waals surface area (Å²) in [6.07, 6.45) is 5.56. The number of nitrogens with zero attached hydrogens (tertiary/aromatic N) is 5. The van der Waals surface area contributed by atoms with E-state index in [2.05, 4.69) is 22.2 Å². The van der Waals surface area contributed by atoms with Gasteiger partial charge in [-0.05, 0) is 25.3 Å². The minimum absolute atomic E-state index is 0.0468. The second kappa shape index (κ2) is 6.81. The van der Waals surface area contributed by atoms with E-state index in [0.717, 1.165) is 32.0 Å². The Balaban J connectivity index is 1.66. The first-order valence-corrected chi connectivity index (χ1v) is 8.10. The maximum Gasteiger partial charge on any atom is 0.319 e. The van der Waals surface area contributed by atoms with Crippen LogP contribution in [0.4, 0.5) is 5.69 Å². The summed E-state index contributed by atoms with van der Waals surface area (Å²) in [5.41, 5.74) is 0.883. The van der Waals surface area contributed by atoms with Crippen LogP contribution >= 0.6 is 0 Å². The Bertz CT molecular complexity index is 729. The van der Waals surface area contributed by atoms with E-state index in [-0.39, 0.29) is 17.3 Å². The SMILES string of the molecule is CCCn1nccc1C1CCN(C(=O)c2[nH]ncc2[N+](=O)[O-])CC1. The van der Waals surface area contributed by atoms with Crippen LogP contribution in [0.2, 0.25) is 0 Å². The third-order valence-corrected chi connectivity index (χ3v) is 4.42. The van der Waals surface area contributed by atoms with E-state index in [1.54, 1.807) is 4.90 Å². The molecule has 3 rings (SSSR count). The molecule has 1 aliphatic rings. The maximum absolute atomic E-state index is 12.5. The fourth-order valence-corrected chi connectivity index (χ4v) is 3.20. The van der Waals surface area contributed by atoms with Crippen molar-refractivity contribution >= 4 is 11.6 Å². The first-order chi connectivity index (χ1) is 11.6. The molecule has 0 saturated carbocycles. The Kier molecular flexibility index (Phi) is 4.59. The average molecular weight is 332 g/mol. The standard InChI is InChI=1S/C15H20N6O3/c1-2-7-20-12(3-6-17-20)11-4-8-19(9-5-11)15(22)14-13(21(23)24)10-16-18-14/h3,6,10-11H,2,4-5,7-9H2,1H3,(H,16,18). The van der Waals surface area contributed by atoms with Gasteiger partial charge in [0.15, 0.2) is 0 Å². The van der Waals surface area contributed by atoms with Crippen LogP contribution in [0.25, 0.3) is 0 Å². The van der Waals surface area contributed by atoms with Crippen molar-refractivity contribution in [3.8, 4) is 0 Å². The molecule has 1 aliphatic heterocycles. The number of hydrogen-bond acceptors (Lipinski definition) is 5. The molecule has 0 radical (unpaired) electrons. The van der Waals surface area contributed by atoms with Gasteiger partial charge in [0.05, 0.1) is 4.92 Å². The molecule has 1 saturated heterocycles. The Labute approximate surface area is 138 Å². The summed E-state index contributed by atoms with van der Waals surface area (Å²) in [6.45, 7) is 4.14. The number of aromatic nitrogens is 4. The molecule has 1 amide bonds. The van der Waals surface area contributed by atoms with Gasteiger partial charge in [0.2, 0.25) is 5.69 Å². The second-order valence-corrected chi connectivity index (χ2v) is 5.93. The molecule has 24 heavy (non-hydrogen) atoms. The van der Waals surface area contributed by atoms with Crippen LogP contribution in [0.1, 0.15) is 48.3 Å². The number of nitrogens with one attached hydrogen (secondary N) is 1. The van der Waals surface area contributed by atoms with Crippen molar-refractivity contribution in [2.75, 3.05) is 13.1 Å². The zero-order chi connectivity index (χ0) is 17.1. The molecule has 0 atom stereocenters. The fraction of sp³-hybridized carbons (Fsp3) is 0.533. The lowest BCUT2D eigenvalue weighted by Gasteiger charge is -2.31. The highest BCUT2D eigenvalue weighted by Gasteiger charge is 2.31. The number of nitro groups is 1. The first kappa shape index (κ1) is 16.2. The molecule has 2 aromatic heterocycles. The van der Waals surface area contributed by atoms with Crippen LogP contribution < -0.4 is 0 Å². The predicted molar refractivity (Wildman–Crippen MR) is 85.6 cm³/mol. The molecular formula is C15H20N6O3. The number of amides is 1. The van der Waals surface area contributed by atoms with E-state index in [4.69, 9.17) is 0 Å². The van der Waals surface area contributed by atoms with Gasteiger partial charge in [0.25, 0.3) is 5.91 Å². The number of aromatic amines is 1. The summed E-state index contributed by atoms with van der Waals surface area (Å²) in [5, 5.41) is 21.4. The topological polar surface area (TPSA) is 110 Å². The second-order valence-electron chi connectivity index (χ2n) is 5.93. The number of aryl methyl sites for hydroxylation is 1. The third kappa shape index (κ3) is 3.01. The Morgan fingerprint density at radius 2 is 2.21 bits per heavy atom. The van der Waals surface area contributed by atoms with Crippen molar-refractivity contribution in [1.82, 2.24) is 24.9 Å².